The molecule has 2 amide bonds. The number of rotatable bonds is 36. The zero-order valence-corrected chi connectivity index (χ0v) is 32.0. The van der Waals surface area contributed by atoms with E-state index < -0.39 is 0 Å². The van der Waals surface area contributed by atoms with E-state index in [-0.39, 0.29) is 18.4 Å². The summed E-state index contributed by atoms with van der Waals surface area (Å²) in [5.41, 5.74) is 15.3. The number of aliphatic hydroxyl groups excluding tert-OH is 1. The fourth-order valence-electron chi connectivity index (χ4n) is 5.65. The molecule has 0 fully saturated rings. The van der Waals surface area contributed by atoms with Crippen molar-refractivity contribution in [3.8, 4) is 0 Å². The Kier molecular flexibility index (Phi) is 52.6. The fraction of sp³-hybridized carbons (Fsp3) is 0.950. The first-order chi connectivity index (χ1) is 23.0. The minimum atomic E-state index is -0.153. The van der Waals surface area contributed by atoms with E-state index in [0.717, 1.165) is 19.4 Å². The van der Waals surface area contributed by atoms with E-state index in [1.165, 1.54) is 180 Å². The molecule has 0 aromatic carbocycles. The number of hydrogen-bond acceptors (Lipinski definition) is 5. The lowest BCUT2D eigenvalue weighted by molar-refractivity contribution is -0.119. The minimum Gasteiger partial charge on any atom is -0.395 e. The zero-order chi connectivity index (χ0) is 35.3. The molecule has 0 aromatic heterocycles. The molecule has 0 radical (unpaired) electrons. The highest BCUT2D eigenvalue weighted by Crippen LogP contribution is 2.15. The Hall–Kier alpha value is -1.18. The van der Waals surface area contributed by atoms with Crippen LogP contribution in [0.15, 0.2) is 0 Å². The third kappa shape index (κ3) is 60.6. The van der Waals surface area contributed by atoms with E-state index in [0.29, 0.717) is 25.9 Å². The summed E-state index contributed by atoms with van der Waals surface area (Å²) < 4.78 is 0. The van der Waals surface area contributed by atoms with Gasteiger partial charge in [-0.2, -0.15) is 0 Å². The molecule has 0 rings (SSSR count). The van der Waals surface area contributed by atoms with Crippen LogP contribution < -0.4 is 22.5 Å². The molecule has 0 atom stereocenters. The first-order valence-electron chi connectivity index (χ1n) is 20.5. The van der Waals surface area contributed by atoms with Crippen LogP contribution in [0.4, 0.5) is 0 Å². The smallest absolute Gasteiger partial charge is 0.217 e. The van der Waals surface area contributed by atoms with Crippen molar-refractivity contribution in [2.45, 2.75) is 219 Å². The average molecular weight is 671 g/mol. The average Bonchev–Trinajstić information content (AvgIpc) is 3.05. The first-order valence-corrected chi connectivity index (χ1v) is 20.5. The summed E-state index contributed by atoms with van der Waals surface area (Å²) in [7, 11) is 0. The number of primary amides is 2. The van der Waals surface area contributed by atoms with Crippen LogP contribution in [0, 0.1) is 0 Å². The number of carbonyl (C=O) groups is 2. The first kappa shape index (κ1) is 50.2. The number of hydrogen-bond donors (Lipinski definition) is 5. The van der Waals surface area contributed by atoms with Gasteiger partial charge in [-0.05, 0) is 12.8 Å². The lowest BCUT2D eigenvalue weighted by Gasteiger charge is -2.03. The van der Waals surface area contributed by atoms with Gasteiger partial charge in [-0.3, -0.25) is 9.59 Å². The quantitative estimate of drug-likeness (QED) is 0.0421. The molecule has 0 aliphatic heterocycles. The maximum absolute atomic E-state index is 10.6. The van der Waals surface area contributed by atoms with Gasteiger partial charge >= 0.3 is 0 Å². The van der Waals surface area contributed by atoms with Crippen molar-refractivity contribution >= 4 is 11.8 Å². The fourth-order valence-corrected chi connectivity index (χ4v) is 5.65. The van der Waals surface area contributed by atoms with Crippen LogP contribution in [-0.2, 0) is 9.59 Å². The maximum atomic E-state index is 10.6. The van der Waals surface area contributed by atoms with Crippen molar-refractivity contribution in [2.24, 2.45) is 17.2 Å². The lowest BCUT2D eigenvalue weighted by atomic mass is 10.0. The van der Waals surface area contributed by atoms with Crippen LogP contribution in [0.1, 0.15) is 219 Å². The van der Waals surface area contributed by atoms with E-state index in [1.807, 2.05) is 0 Å². The second-order valence-electron chi connectivity index (χ2n) is 13.6. The van der Waals surface area contributed by atoms with Crippen molar-refractivity contribution < 1.29 is 14.7 Å². The van der Waals surface area contributed by atoms with Crippen molar-refractivity contribution in [2.75, 3.05) is 26.2 Å². The predicted octanol–water partition coefficient (Wildman–Crippen LogP) is 9.99. The van der Waals surface area contributed by atoms with Gasteiger partial charge in [-0.1, -0.05) is 194 Å². The third-order valence-electron chi connectivity index (χ3n) is 8.66. The SMILES string of the molecule is CCCCCCCCCCCCCCCCCC(N)=O.CCCCCCCCCCCCCCCCCC(N)=O.NCCNCCO. The molecule has 284 valence electrons. The molecule has 47 heavy (non-hydrogen) atoms. The Morgan fingerprint density at radius 3 is 0.851 bits per heavy atom. The molecule has 7 nitrogen and oxygen atoms in total. The van der Waals surface area contributed by atoms with Crippen LogP contribution in [-0.4, -0.2) is 43.2 Å². The highest BCUT2D eigenvalue weighted by molar-refractivity contribution is 5.73. The van der Waals surface area contributed by atoms with Crippen molar-refractivity contribution in [1.29, 1.82) is 0 Å². The summed E-state index contributed by atoms with van der Waals surface area (Å²) in [6, 6.07) is 0. The lowest BCUT2D eigenvalue weighted by Crippen LogP contribution is -2.24. The molecule has 0 saturated heterocycles. The van der Waals surface area contributed by atoms with Gasteiger partial charge in [0.2, 0.25) is 11.8 Å². The Morgan fingerprint density at radius 1 is 0.426 bits per heavy atom. The molecule has 0 saturated carbocycles. The van der Waals surface area contributed by atoms with Gasteiger partial charge in [-0.15, -0.1) is 0 Å². The Balaban J connectivity index is -0.000000685. The van der Waals surface area contributed by atoms with E-state index in [9.17, 15) is 9.59 Å². The highest BCUT2D eigenvalue weighted by Gasteiger charge is 1.97. The summed E-state index contributed by atoms with van der Waals surface area (Å²) in [6.07, 6.45) is 41.8. The summed E-state index contributed by atoms with van der Waals surface area (Å²) in [5, 5.41) is 11.1. The minimum absolute atomic E-state index is 0.153. The van der Waals surface area contributed by atoms with Gasteiger partial charge < -0.3 is 27.6 Å². The van der Waals surface area contributed by atoms with Crippen LogP contribution >= 0.6 is 0 Å². The standard InChI is InChI=1S/2C18H37NO.C4H12N2O/c2*1-2-3-4-5-6-7-8-9-10-11-12-13-14-15-16-17-18(19)20;5-1-2-6-3-4-7/h2*2-17H2,1H3,(H2,19,20);6-7H,1-5H2. The largest absolute Gasteiger partial charge is 0.395 e. The second kappa shape index (κ2) is 49.2. The Morgan fingerprint density at radius 2 is 0.660 bits per heavy atom. The van der Waals surface area contributed by atoms with Crippen LogP contribution in [0.2, 0.25) is 0 Å². The number of carbonyl (C=O) groups excluding carboxylic acids is 2. The molecular weight excluding hydrogens is 584 g/mol. The van der Waals surface area contributed by atoms with Crippen molar-refractivity contribution in [3.05, 3.63) is 0 Å². The molecule has 0 aliphatic carbocycles. The summed E-state index contributed by atoms with van der Waals surface area (Å²) >= 11 is 0. The normalized spacial score (nSPS) is 10.6. The van der Waals surface area contributed by atoms with Crippen LogP contribution in [0.25, 0.3) is 0 Å². The van der Waals surface area contributed by atoms with Gasteiger partial charge in [0.05, 0.1) is 6.61 Å². The monoisotopic (exact) mass is 671 g/mol. The summed E-state index contributed by atoms with van der Waals surface area (Å²) in [4.78, 5) is 21.1. The van der Waals surface area contributed by atoms with Gasteiger partial charge in [0.15, 0.2) is 0 Å². The van der Waals surface area contributed by atoms with E-state index in [1.54, 1.807) is 0 Å². The molecular formula is C40H86N4O3. The van der Waals surface area contributed by atoms with E-state index in [4.69, 9.17) is 22.3 Å². The van der Waals surface area contributed by atoms with Crippen LogP contribution in [0.5, 0.6) is 0 Å². The number of nitrogens with one attached hydrogen (secondary N) is 1. The summed E-state index contributed by atoms with van der Waals surface area (Å²) in [6.45, 7) is 6.83. The molecule has 7 heteroatoms. The van der Waals surface area contributed by atoms with Crippen LogP contribution in [0.3, 0.4) is 0 Å². The predicted molar refractivity (Wildman–Crippen MR) is 206 cm³/mol. The number of aliphatic hydroxyl groups is 1. The molecule has 0 heterocycles. The van der Waals surface area contributed by atoms with Crippen molar-refractivity contribution in [1.82, 2.24) is 5.32 Å². The highest BCUT2D eigenvalue weighted by atomic mass is 16.3. The topological polar surface area (TPSA) is 144 Å². The third-order valence-corrected chi connectivity index (χ3v) is 8.66. The molecule has 8 N–H and O–H groups in total. The Bertz CT molecular complexity index is 530. The van der Waals surface area contributed by atoms with Gasteiger partial charge in [0.1, 0.15) is 0 Å². The van der Waals surface area contributed by atoms with E-state index >= 15 is 0 Å². The number of nitrogens with two attached hydrogens (primary N) is 3. The number of amides is 2. The molecule has 0 spiro atoms. The molecule has 0 aliphatic rings. The summed E-state index contributed by atoms with van der Waals surface area (Å²) in [5.74, 6) is -0.306. The van der Waals surface area contributed by atoms with Crippen molar-refractivity contribution in [3.63, 3.8) is 0 Å². The van der Waals surface area contributed by atoms with E-state index in [2.05, 4.69) is 19.2 Å². The molecule has 0 aromatic rings. The maximum Gasteiger partial charge on any atom is 0.217 e. The second-order valence-corrected chi connectivity index (χ2v) is 13.6. The molecule has 0 unspecified atom stereocenters. The van der Waals surface area contributed by atoms with Gasteiger partial charge in [0.25, 0.3) is 0 Å². The molecule has 0 bridgehead atoms. The Labute approximate surface area is 294 Å². The van der Waals surface area contributed by atoms with Gasteiger partial charge in [-0.25, -0.2) is 0 Å². The zero-order valence-electron chi connectivity index (χ0n) is 32.0. The number of unbranched alkanes of at least 4 members (excludes halogenated alkanes) is 28. The van der Waals surface area contributed by atoms with Gasteiger partial charge in [0, 0.05) is 32.5 Å².